The molecule has 1 N–H and O–H groups in total. The number of ether oxygens (including phenoxy) is 1. The van der Waals surface area contributed by atoms with Crippen LogP contribution in [0.25, 0.3) is 4.96 Å². The minimum atomic E-state index is -4.16. The topological polar surface area (TPSA) is 38.6 Å². The molecule has 0 bridgehead atoms. The molecule has 0 saturated carbocycles. The highest BCUT2D eigenvalue weighted by atomic mass is 32.1. The van der Waals surface area contributed by atoms with E-state index >= 15 is 0 Å². The summed E-state index contributed by atoms with van der Waals surface area (Å²) in [5.74, 6) is 0.443. The van der Waals surface area contributed by atoms with Crippen molar-refractivity contribution in [2.45, 2.75) is 32.1 Å². The zero-order valence-electron chi connectivity index (χ0n) is 10.5. The highest BCUT2D eigenvalue weighted by Gasteiger charge is 2.30. The van der Waals surface area contributed by atoms with Crippen LogP contribution in [0.1, 0.15) is 19.0 Å². The average Bonchev–Trinajstić information content (AvgIpc) is 2.83. The molecule has 2 aromatic heterocycles. The van der Waals surface area contributed by atoms with Crippen molar-refractivity contribution in [2.24, 2.45) is 0 Å². The Labute approximate surface area is 112 Å². The average molecular weight is 293 g/mol. The number of fused-ring (bicyclic) bond motifs is 1. The lowest BCUT2D eigenvalue weighted by molar-refractivity contribution is -0.139. The van der Waals surface area contributed by atoms with Crippen LogP contribution in [0.4, 0.5) is 13.2 Å². The summed E-state index contributed by atoms with van der Waals surface area (Å²) in [6, 6.07) is -0.658. The molecule has 0 aromatic carbocycles. The van der Waals surface area contributed by atoms with E-state index in [1.54, 1.807) is 0 Å². The fourth-order valence-corrected chi connectivity index (χ4v) is 2.55. The highest BCUT2D eigenvalue weighted by Crippen LogP contribution is 2.24. The second-order valence-electron chi connectivity index (χ2n) is 4.22. The van der Waals surface area contributed by atoms with E-state index in [9.17, 15) is 13.2 Å². The van der Waals surface area contributed by atoms with Gasteiger partial charge in [0.2, 0.25) is 5.88 Å². The van der Waals surface area contributed by atoms with Crippen LogP contribution in [0.3, 0.4) is 0 Å². The van der Waals surface area contributed by atoms with Crippen LogP contribution in [-0.2, 0) is 6.54 Å². The van der Waals surface area contributed by atoms with E-state index in [2.05, 4.69) is 10.3 Å². The van der Waals surface area contributed by atoms with Crippen LogP contribution in [0.15, 0.2) is 11.6 Å². The summed E-state index contributed by atoms with van der Waals surface area (Å²) in [4.78, 5) is 5.00. The van der Waals surface area contributed by atoms with E-state index in [0.29, 0.717) is 5.88 Å². The SMILES string of the molecule is COc1nc2sccn2c1CNC(C)CC(F)(F)F. The third kappa shape index (κ3) is 3.38. The van der Waals surface area contributed by atoms with Gasteiger partial charge in [0.1, 0.15) is 5.69 Å². The van der Waals surface area contributed by atoms with Crippen molar-refractivity contribution >= 4 is 16.3 Å². The minimum Gasteiger partial charge on any atom is -0.480 e. The van der Waals surface area contributed by atoms with E-state index in [0.717, 1.165) is 10.7 Å². The molecule has 8 heteroatoms. The first kappa shape index (κ1) is 14.1. The van der Waals surface area contributed by atoms with Crippen molar-refractivity contribution < 1.29 is 17.9 Å². The third-order valence-corrected chi connectivity index (χ3v) is 3.43. The summed E-state index contributed by atoms with van der Waals surface area (Å²) in [6.07, 6.45) is -3.20. The number of thiazole rings is 1. The van der Waals surface area contributed by atoms with Gasteiger partial charge in [-0.25, -0.2) is 0 Å². The van der Waals surface area contributed by atoms with Gasteiger partial charge in [-0.2, -0.15) is 18.2 Å². The summed E-state index contributed by atoms with van der Waals surface area (Å²) < 4.78 is 43.7. The first-order chi connectivity index (χ1) is 8.90. The predicted octanol–water partition coefficient (Wildman–Crippen LogP) is 2.83. The zero-order chi connectivity index (χ0) is 14.0. The molecule has 19 heavy (non-hydrogen) atoms. The molecule has 106 valence electrons. The van der Waals surface area contributed by atoms with Crippen molar-refractivity contribution in [3.63, 3.8) is 0 Å². The van der Waals surface area contributed by atoms with Crippen LogP contribution >= 0.6 is 11.3 Å². The number of hydrogen-bond acceptors (Lipinski definition) is 4. The predicted molar refractivity (Wildman–Crippen MR) is 66.6 cm³/mol. The molecule has 0 aliphatic heterocycles. The Morgan fingerprint density at radius 2 is 2.26 bits per heavy atom. The Balaban J connectivity index is 2.06. The monoisotopic (exact) mass is 293 g/mol. The molecular formula is C11H14F3N3OS. The van der Waals surface area contributed by atoms with Gasteiger partial charge in [0.15, 0.2) is 4.96 Å². The number of methoxy groups -OCH3 is 1. The number of alkyl halides is 3. The molecule has 0 aliphatic carbocycles. The molecule has 4 nitrogen and oxygen atoms in total. The van der Waals surface area contributed by atoms with Crippen LogP contribution < -0.4 is 10.1 Å². The lowest BCUT2D eigenvalue weighted by Crippen LogP contribution is -2.31. The second-order valence-corrected chi connectivity index (χ2v) is 5.10. The van der Waals surface area contributed by atoms with Crippen molar-refractivity contribution in [2.75, 3.05) is 7.11 Å². The Morgan fingerprint density at radius 1 is 1.53 bits per heavy atom. The molecule has 2 heterocycles. The van der Waals surface area contributed by atoms with Gasteiger partial charge in [-0.05, 0) is 6.92 Å². The number of nitrogens with zero attached hydrogens (tertiary/aromatic N) is 2. The number of hydrogen-bond donors (Lipinski definition) is 1. The van der Waals surface area contributed by atoms with Gasteiger partial charge in [-0.1, -0.05) is 0 Å². The molecular weight excluding hydrogens is 279 g/mol. The fourth-order valence-electron chi connectivity index (χ4n) is 1.83. The van der Waals surface area contributed by atoms with Crippen molar-refractivity contribution in [3.05, 3.63) is 17.3 Å². The largest absolute Gasteiger partial charge is 0.480 e. The first-order valence-corrected chi connectivity index (χ1v) is 6.57. The summed E-state index contributed by atoms with van der Waals surface area (Å²) in [6.45, 7) is 1.78. The maximum Gasteiger partial charge on any atom is 0.390 e. The minimum absolute atomic E-state index is 0.276. The molecule has 0 saturated heterocycles. The first-order valence-electron chi connectivity index (χ1n) is 5.69. The Morgan fingerprint density at radius 3 is 2.89 bits per heavy atom. The van der Waals surface area contributed by atoms with Crippen molar-refractivity contribution in [3.8, 4) is 5.88 Å². The molecule has 1 unspecified atom stereocenters. The number of rotatable bonds is 5. The highest BCUT2D eigenvalue weighted by molar-refractivity contribution is 7.15. The summed E-state index contributed by atoms with van der Waals surface area (Å²) in [7, 11) is 1.50. The molecule has 0 aliphatic rings. The standard InChI is InChI=1S/C11H14F3N3OS/c1-7(5-11(12,13)14)15-6-8-9(18-2)16-10-17(8)3-4-19-10/h3-4,7,15H,5-6H2,1-2H3. The number of imidazole rings is 1. The Kier molecular flexibility index (Phi) is 4.00. The second kappa shape index (κ2) is 5.38. The van der Waals surface area contributed by atoms with E-state index in [1.165, 1.54) is 25.4 Å². The van der Waals surface area contributed by atoms with E-state index < -0.39 is 18.6 Å². The lowest BCUT2D eigenvalue weighted by Gasteiger charge is -2.15. The van der Waals surface area contributed by atoms with Crippen LogP contribution in [-0.4, -0.2) is 28.7 Å². The van der Waals surface area contributed by atoms with Crippen LogP contribution in [0.5, 0.6) is 5.88 Å². The van der Waals surface area contributed by atoms with E-state index in [4.69, 9.17) is 4.74 Å². The molecule has 1 atom stereocenters. The number of halogens is 3. The number of nitrogens with one attached hydrogen (secondary N) is 1. The maximum atomic E-state index is 12.2. The van der Waals surface area contributed by atoms with E-state index in [-0.39, 0.29) is 6.54 Å². The fraction of sp³-hybridized carbons (Fsp3) is 0.545. The summed E-state index contributed by atoms with van der Waals surface area (Å²) in [5.41, 5.74) is 0.729. The van der Waals surface area contributed by atoms with Gasteiger partial charge < -0.3 is 10.1 Å². The molecule has 0 amide bonds. The van der Waals surface area contributed by atoms with Crippen LogP contribution in [0.2, 0.25) is 0 Å². The van der Waals surface area contributed by atoms with Gasteiger partial charge >= 0.3 is 6.18 Å². The van der Waals surface area contributed by atoms with Crippen molar-refractivity contribution in [1.29, 1.82) is 0 Å². The Hall–Kier alpha value is -1.28. The summed E-state index contributed by atoms with van der Waals surface area (Å²) >= 11 is 1.45. The molecule has 2 aromatic rings. The Bertz CT molecular complexity index is 549. The van der Waals surface area contributed by atoms with Gasteiger partial charge in [0.25, 0.3) is 0 Å². The third-order valence-electron chi connectivity index (χ3n) is 2.67. The van der Waals surface area contributed by atoms with Gasteiger partial charge in [-0.15, -0.1) is 11.3 Å². The van der Waals surface area contributed by atoms with Crippen LogP contribution in [0, 0.1) is 0 Å². The van der Waals surface area contributed by atoms with E-state index in [1.807, 2.05) is 16.0 Å². The van der Waals surface area contributed by atoms with Crippen molar-refractivity contribution in [1.82, 2.24) is 14.7 Å². The summed E-state index contributed by atoms with van der Waals surface area (Å²) in [5, 5.41) is 4.71. The van der Waals surface area contributed by atoms with Gasteiger partial charge in [-0.3, -0.25) is 4.40 Å². The van der Waals surface area contributed by atoms with Gasteiger partial charge in [0, 0.05) is 24.2 Å². The molecule has 2 rings (SSSR count). The molecule has 0 fully saturated rings. The molecule has 0 spiro atoms. The molecule has 0 radical (unpaired) electrons. The smallest absolute Gasteiger partial charge is 0.390 e. The normalized spacial score (nSPS) is 13.9. The number of aromatic nitrogens is 2. The zero-order valence-corrected chi connectivity index (χ0v) is 11.3. The maximum absolute atomic E-state index is 12.2. The lowest BCUT2D eigenvalue weighted by atomic mass is 10.2. The van der Waals surface area contributed by atoms with Gasteiger partial charge in [0.05, 0.1) is 13.5 Å². The quantitative estimate of drug-likeness (QED) is 0.921.